The Bertz CT molecular complexity index is 2730. The number of hydrogen-bond acceptors (Lipinski definition) is 12. The summed E-state index contributed by atoms with van der Waals surface area (Å²) in [5.41, 5.74) is 1.98. The van der Waals surface area contributed by atoms with Crippen molar-refractivity contribution in [3.63, 3.8) is 0 Å². The molecule has 6 aromatic rings. The number of rotatable bonds is 34. The van der Waals surface area contributed by atoms with Gasteiger partial charge in [-0.3, -0.25) is 9.59 Å². The highest BCUT2D eigenvalue weighted by Crippen LogP contribution is 2.39. The van der Waals surface area contributed by atoms with Crippen molar-refractivity contribution in [3.8, 4) is 40.2 Å². The third-order valence-electron chi connectivity index (χ3n) is 12.2. The average molecular weight is 1010 g/mol. The van der Waals surface area contributed by atoms with Gasteiger partial charge in [-0.05, 0) is 183 Å². The first-order valence-corrected chi connectivity index (χ1v) is 26.0. The van der Waals surface area contributed by atoms with Crippen LogP contribution in [0.25, 0.3) is 21.5 Å². The quantitative estimate of drug-likeness (QED) is 0.0125. The predicted molar refractivity (Wildman–Crippen MR) is 289 cm³/mol. The molecule has 0 aromatic heterocycles. The predicted octanol–water partition coefficient (Wildman–Crippen LogP) is 14.2. The fourth-order valence-corrected chi connectivity index (χ4v) is 8.07. The van der Waals surface area contributed by atoms with Crippen LogP contribution in [0.1, 0.15) is 108 Å². The molecule has 0 spiro atoms. The maximum absolute atomic E-state index is 13.2. The Balaban J connectivity index is 1.04. The normalized spacial score (nSPS) is 10.9. The van der Waals surface area contributed by atoms with Crippen LogP contribution in [-0.4, -0.2) is 56.9 Å². The minimum atomic E-state index is -0.395. The first kappa shape index (κ1) is 55.7. The van der Waals surface area contributed by atoms with Crippen LogP contribution in [0.3, 0.4) is 0 Å². The molecule has 0 aliphatic heterocycles. The second-order valence-corrected chi connectivity index (χ2v) is 18.0. The van der Waals surface area contributed by atoms with E-state index < -0.39 is 11.9 Å². The smallest absolute Gasteiger partial charge is 0.330 e. The first-order valence-electron chi connectivity index (χ1n) is 26.0. The monoisotopic (exact) mass is 1010 g/mol. The Kier molecular flexibility index (Phi) is 23.4. The highest BCUT2D eigenvalue weighted by molar-refractivity contribution is 6.11. The van der Waals surface area contributed by atoms with E-state index in [1.165, 1.54) is 25.0 Å². The molecule has 0 N–H and O–H groups in total. The summed E-state index contributed by atoms with van der Waals surface area (Å²) in [5.74, 6) is 2.73. The number of hydrogen-bond donors (Lipinski definition) is 0. The van der Waals surface area contributed by atoms with Gasteiger partial charge in [0.05, 0.1) is 33.0 Å². The number of fused-ring (bicyclic) bond motifs is 3. The summed E-state index contributed by atoms with van der Waals surface area (Å²) in [5, 5.41) is 3.32. The number of carbonyl (C=O) groups excluding carboxylic acids is 4. The van der Waals surface area contributed by atoms with Gasteiger partial charge in [-0.1, -0.05) is 69.7 Å². The van der Waals surface area contributed by atoms with Gasteiger partial charge in [0.2, 0.25) is 0 Å². The lowest BCUT2D eigenvalue weighted by atomic mass is 10.0. The maximum atomic E-state index is 13.2. The third kappa shape index (κ3) is 19.4. The maximum Gasteiger partial charge on any atom is 0.330 e. The Morgan fingerprint density at radius 2 is 0.824 bits per heavy atom. The van der Waals surface area contributed by atoms with Crippen LogP contribution in [0.5, 0.6) is 40.2 Å². The van der Waals surface area contributed by atoms with E-state index >= 15 is 0 Å². The van der Waals surface area contributed by atoms with Crippen LogP contribution in [0.4, 0.5) is 0 Å². The van der Waals surface area contributed by atoms with E-state index in [2.05, 4.69) is 20.1 Å². The number of carbonyl (C=O) groups is 4. The fraction of sp³-hybridized carbons (Fsp3) is 0.355. The Morgan fingerprint density at radius 1 is 0.419 bits per heavy atom. The molecule has 6 rings (SSSR count). The van der Waals surface area contributed by atoms with E-state index in [1.54, 1.807) is 12.1 Å². The molecule has 12 nitrogen and oxygen atoms in total. The highest BCUT2D eigenvalue weighted by Gasteiger charge is 2.15. The van der Waals surface area contributed by atoms with E-state index in [9.17, 15) is 19.2 Å². The second kappa shape index (κ2) is 31.1. The van der Waals surface area contributed by atoms with Gasteiger partial charge in [0.1, 0.15) is 40.2 Å². The minimum absolute atomic E-state index is 0.180. The summed E-state index contributed by atoms with van der Waals surface area (Å²) >= 11 is 0. The highest BCUT2D eigenvalue weighted by atomic mass is 16.5. The fourth-order valence-electron chi connectivity index (χ4n) is 8.07. The van der Waals surface area contributed by atoms with Crippen molar-refractivity contribution in [1.82, 2.24) is 0 Å². The Morgan fingerprint density at radius 3 is 1.30 bits per heavy atom. The number of ether oxygens (including phenoxy) is 8. The zero-order valence-corrected chi connectivity index (χ0v) is 42.8. The van der Waals surface area contributed by atoms with Crippen molar-refractivity contribution >= 4 is 45.4 Å². The van der Waals surface area contributed by atoms with Crippen molar-refractivity contribution in [2.75, 3.05) is 33.0 Å². The summed E-state index contributed by atoms with van der Waals surface area (Å²) < 4.78 is 46.1. The average Bonchev–Trinajstić information content (AvgIpc) is 3.42. The number of esters is 4. The standard InChI is InChI=1S/C62H70O12/c1-4-7-8-13-38-69-51-28-30-52(31-29-51)72-58-44-48-43-53(73-61(65)36-22-46-18-24-49(25-19-46)67-39-14-9-11-16-41-70-59(63)5-2)32-34-55(48)56-35-33-54(45-57(56)58)74-62(66)37-23-47-20-26-50(27-21-47)68-40-15-10-12-17-42-71-60(64)6-3/h5-6,18-21,24-35,43-45H,2-4,7-17,22-23,36-42H2,1H3. The van der Waals surface area contributed by atoms with Gasteiger partial charge < -0.3 is 37.9 Å². The van der Waals surface area contributed by atoms with Crippen molar-refractivity contribution < 1.29 is 57.1 Å². The zero-order chi connectivity index (χ0) is 52.2. The summed E-state index contributed by atoms with van der Waals surface area (Å²) in [7, 11) is 0. The first-order chi connectivity index (χ1) is 36.2. The Labute approximate surface area is 435 Å². The van der Waals surface area contributed by atoms with E-state index in [1.807, 2.05) is 103 Å². The topological polar surface area (TPSA) is 142 Å². The molecule has 0 saturated carbocycles. The molecular weight excluding hydrogens is 937 g/mol. The summed E-state index contributed by atoms with van der Waals surface area (Å²) in [6.07, 6.45) is 15.4. The van der Waals surface area contributed by atoms with E-state index in [0.29, 0.717) is 68.9 Å². The number of unbranched alkanes of at least 4 members (excludes halogenated alkanes) is 9. The van der Waals surface area contributed by atoms with Crippen LogP contribution in [0.2, 0.25) is 0 Å². The molecule has 0 radical (unpaired) electrons. The van der Waals surface area contributed by atoms with Crippen LogP contribution < -0.4 is 28.4 Å². The molecule has 0 heterocycles. The van der Waals surface area contributed by atoms with Gasteiger partial charge in [-0.25, -0.2) is 9.59 Å². The molecular formula is C62H70O12. The summed E-state index contributed by atoms with van der Waals surface area (Å²) in [6, 6.07) is 36.0. The minimum Gasteiger partial charge on any atom is -0.494 e. The molecule has 12 heteroatoms. The largest absolute Gasteiger partial charge is 0.494 e. The molecule has 0 aliphatic rings. The Hall–Kier alpha value is -7.60. The molecule has 74 heavy (non-hydrogen) atoms. The van der Waals surface area contributed by atoms with Crippen LogP contribution in [0.15, 0.2) is 141 Å². The van der Waals surface area contributed by atoms with Gasteiger partial charge in [0.15, 0.2) is 0 Å². The summed E-state index contributed by atoms with van der Waals surface area (Å²) in [4.78, 5) is 48.7. The zero-order valence-electron chi connectivity index (χ0n) is 42.8. The molecule has 0 saturated heterocycles. The SMILES string of the molecule is C=CC(=O)OCCCCCCOc1ccc(CCC(=O)Oc2ccc3c(c2)cc(Oc2ccc(OCCCCCC)cc2)c2cc(OC(=O)CCc4ccc(OCCCCCCOC(=O)C=C)cc4)ccc23)cc1. The molecule has 0 amide bonds. The van der Waals surface area contributed by atoms with Gasteiger partial charge in [0, 0.05) is 30.4 Å². The van der Waals surface area contributed by atoms with Gasteiger partial charge in [-0.15, -0.1) is 0 Å². The number of benzene rings is 6. The van der Waals surface area contributed by atoms with Gasteiger partial charge >= 0.3 is 23.9 Å². The lowest BCUT2D eigenvalue weighted by Crippen LogP contribution is -2.09. The van der Waals surface area contributed by atoms with E-state index in [-0.39, 0.29) is 24.8 Å². The molecule has 0 fully saturated rings. The molecule has 0 atom stereocenters. The number of aryl methyl sites for hydroxylation is 2. The molecule has 0 unspecified atom stereocenters. The molecule has 390 valence electrons. The van der Waals surface area contributed by atoms with Crippen LogP contribution in [0, 0.1) is 0 Å². The van der Waals surface area contributed by atoms with Gasteiger partial charge in [-0.2, -0.15) is 0 Å². The second-order valence-electron chi connectivity index (χ2n) is 18.0. The molecule has 0 aliphatic carbocycles. The lowest BCUT2D eigenvalue weighted by molar-refractivity contribution is -0.138. The van der Waals surface area contributed by atoms with Crippen LogP contribution in [-0.2, 0) is 41.5 Å². The van der Waals surface area contributed by atoms with Crippen LogP contribution >= 0.6 is 0 Å². The third-order valence-corrected chi connectivity index (χ3v) is 12.2. The van der Waals surface area contributed by atoms with Gasteiger partial charge in [0.25, 0.3) is 0 Å². The van der Waals surface area contributed by atoms with Crippen molar-refractivity contribution in [2.24, 2.45) is 0 Å². The molecule has 0 bridgehead atoms. The van der Waals surface area contributed by atoms with Crippen molar-refractivity contribution in [1.29, 1.82) is 0 Å². The summed E-state index contributed by atoms with van der Waals surface area (Å²) in [6.45, 7) is 11.6. The molecule has 6 aromatic carbocycles. The van der Waals surface area contributed by atoms with E-state index in [4.69, 9.17) is 37.9 Å². The van der Waals surface area contributed by atoms with E-state index in [0.717, 1.165) is 114 Å². The lowest BCUT2D eigenvalue weighted by Gasteiger charge is -2.15. The van der Waals surface area contributed by atoms with Crippen molar-refractivity contribution in [3.05, 3.63) is 152 Å². The van der Waals surface area contributed by atoms with Crippen molar-refractivity contribution in [2.45, 2.75) is 110 Å².